The quantitative estimate of drug-likeness (QED) is 0.799. The first-order valence-corrected chi connectivity index (χ1v) is 8.40. The fourth-order valence-corrected chi connectivity index (χ4v) is 3.29. The molecule has 2 N–H and O–H groups in total. The lowest BCUT2D eigenvalue weighted by atomic mass is 10.2. The van der Waals surface area contributed by atoms with E-state index in [2.05, 4.69) is 5.10 Å². The van der Waals surface area contributed by atoms with Crippen LogP contribution in [0.3, 0.4) is 0 Å². The number of hydrogen-bond donors (Lipinski definition) is 2. The first-order valence-electron chi connectivity index (χ1n) is 6.91. The molecule has 26 heavy (non-hydrogen) atoms. The zero-order chi connectivity index (χ0) is 19.7. The monoisotopic (exact) mass is 391 g/mol. The fraction of sp³-hybridized carbons (Fsp3) is 0.214. The third-order valence-corrected chi connectivity index (χ3v) is 4.49. The van der Waals surface area contributed by atoms with Gasteiger partial charge in [0.05, 0.1) is 11.3 Å². The number of carboxylic acid groups (broad SMARTS) is 1. The molecule has 1 heterocycles. The van der Waals surface area contributed by atoms with Crippen LogP contribution in [-0.2, 0) is 16.6 Å². The molecule has 8 nitrogen and oxygen atoms in total. The smallest absolute Gasteiger partial charge is 0.408 e. The van der Waals surface area contributed by atoms with Gasteiger partial charge in [0, 0.05) is 0 Å². The van der Waals surface area contributed by atoms with Gasteiger partial charge in [-0.3, -0.25) is 9.48 Å². The van der Waals surface area contributed by atoms with Crippen molar-refractivity contribution in [3.63, 3.8) is 0 Å². The van der Waals surface area contributed by atoms with Crippen molar-refractivity contribution in [1.29, 1.82) is 0 Å². The molecule has 1 aromatic carbocycles. The van der Waals surface area contributed by atoms with Crippen molar-refractivity contribution in [3.05, 3.63) is 47.3 Å². The van der Waals surface area contributed by atoms with Gasteiger partial charge in [0.15, 0.2) is 0 Å². The minimum atomic E-state index is -4.68. The van der Waals surface area contributed by atoms with Crippen molar-refractivity contribution in [2.24, 2.45) is 0 Å². The zero-order valence-corrected chi connectivity index (χ0v) is 13.9. The number of nitrogens with zero attached hydrogens (tertiary/aromatic N) is 2. The Morgan fingerprint density at radius 1 is 1.27 bits per heavy atom. The van der Waals surface area contributed by atoms with Crippen LogP contribution < -0.4 is 4.72 Å². The summed E-state index contributed by atoms with van der Waals surface area (Å²) in [5, 5.41) is 12.6. The number of carbonyl (C=O) groups is 2. The molecule has 0 radical (unpaired) electrons. The van der Waals surface area contributed by atoms with E-state index in [0.29, 0.717) is 4.68 Å². The van der Waals surface area contributed by atoms with E-state index in [4.69, 9.17) is 5.11 Å². The number of amides is 1. The number of halogens is 3. The molecule has 2 aromatic rings. The van der Waals surface area contributed by atoms with Gasteiger partial charge in [0.25, 0.3) is 15.9 Å². The number of carbonyl (C=O) groups excluding carboxylic acids is 1. The maximum Gasteiger partial charge on any atom is 0.408 e. The molecular formula is C14H12F3N3O5S. The number of hydrogen-bond acceptors (Lipinski definition) is 5. The molecule has 0 aliphatic rings. The van der Waals surface area contributed by atoms with E-state index in [1.807, 2.05) is 0 Å². The summed E-state index contributed by atoms with van der Waals surface area (Å²) >= 11 is 0. The first kappa shape index (κ1) is 19.4. The van der Waals surface area contributed by atoms with Crippen LogP contribution in [0.1, 0.15) is 26.5 Å². The summed E-state index contributed by atoms with van der Waals surface area (Å²) in [5.74, 6) is -2.91. The first-order chi connectivity index (χ1) is 11.9. The van der Waals surface area contributed by atoms with E-state index < -0.39 is 50.8 Å². The second-order valence-corrected chi connectivity index (χ2v) is 6.83. The molecule has 0 saturated carbocycles. The minimum Gasteiger partial charge on any atom is -0.478 e. The van der Waals surface area contributed by atoms with Gasteiger partial charge in [-0.25, -0.2) is 17.9 Å². The summed E-state index contributed by atoms with van der Waals surface area (Å²) in [6.07, 6.45) is -4.68. The van der Waals surface area contributed by atoms with Crippen LogP contribution >= 0.6 is 0 Å². The molecule has 0 aliphatic heterocycles. The van der Waals surface area contributed by atoms with E-state index in [1.165, 1.54) is 19.1 Å². The number of alkyl halides is 3. The van der Waals surface area contributed by atoms with Crippen LogP contribution in [0.15, 0.2) is 35.2 Å². The summed E-state index contributed by atoms with van der Waals surface area (Å²) in [6, 6.07) is 5.48. The Balaban J connectivity index is 2.38. The molecule has 12 heteroatoms. The van der Waals surface area contributed by atoms with Crippen molar-refractivity contribution in [3.8, 4) is 0 Å². The van der Waals surface area contributed by atoms with Crippen LogP contribution in [0.25, 0.3) is 0 Å². The maximum absolute atomic E-state index is 12.6. The molecule has 2 rings (SSSR count). The van der Waals surface area contributed by atoms with Crippen molar-refractivity contribution in [2.45, 2.75) is 24.5 Å². The molecule has 0 unspecified atom stereocenters. The van der Waals surface area contributed by atoms with E-state index in [0.717, 1.165) is 18.2 Å². The van der Waals surface area contributed by atoms with Crippen molar-refractivity contribution in [2.75, 3.05) is 0 Å². The van der Waals surface area contributed by atoms with Crippen molar-refractivity contribution < 1.29 is 36.3 Å². The molecule has 1 aromatic heterocycles. The largest absolute Gasteiger partial charge is 0.478 e. The number of aromatic nitrogens is 2. The molecule has 0 aliphatic carbocycles. The Morgan fingerprint density at radius 3 is 2.46 bits per heavy atom. The van der Waals surface area contributed by atoms with Crippen molar-refractivity contribution >= 4 is 21.9 Å². The van der Waals surface area contributed by atoms with Crippen LogP contribution in [0, 0.1) is 6.92 Å². The van der Waals surface area contributed by atoms with Gasteiger partial charge < -0.3 is 5.11 Å². The van der Waals surface area contributed by atoms with Crippen LogP contribution in [0.5, 0.6) is 0 Å². The molecule has 0 bridgehead atoms. The number of benzene rings is 1. The molecule has 0 saturated heterocycles. The van der Waals surface area contributed by atoms with E-state index in [9.17, 15) is 31.2 Å². The number of rotatable bonds is 5. The summed E-state index contributed by atoms with van der Waals surface area (Å²) < 4.78 is 64.2. The van der Waals surface area contributed by atoms with Crippen molar-refractivity contribution in [1.82, 2.24) is 14.5 Å². The lowest BCUT2D eigenvalue weighted by molar-refractivity contribution is -0.142. The van der Waals surface area contributed by atoms with Gasteiger partial charge in [-0.2, -0.15) is 18.3 Å². The summed E-state index contributed by atoms with van der Waals surface area (Å²) in [5.41, 5.74) is -1.15. The van der Waals surface area contributed by atoms with Gasteiger partial charge in [-0.05, 0) is 25.1 Å². The molecule has 0 atom stereocenters. The lowest BCUT2D eigenvalue weighted by Gasteiger charge is -2.11. The maximum atomic E-state index is 12.6. The number of carboxylic acids is 1. The van der Waals surface area contributed by atoms with Crippen LogP contribution in [0.2, 0.25) is 0 Å². The zero-order valence-electron chi connectivity index (χ0n) is 13.1. The van der Waals surface area contributed by atoms with Gasteiger partial charge in [0.2, 0.25) is 0 Å². The fourth-order valence-electron chi connectivity index (χ4n) is 2.13. The van der Waals surface area contributed by atoms with Crippen LogP contribution in [-0.4, -0.2) is 41.4 Å². The molecular weight excluding hydrogens is 379 g/mol. The standard InChI is InChI=1S/C14H12F3N3O5S/c1-8-6-10(20(18-8)7-14(15,16)17)12(21)19-26(24,25)11-5-3-2-4-9(11)13(22)23/h2-6H,7H2,1H3,(H,19,21)(H,22,23). The van der Waals surface area contributed by atoms with Gasteiger partial charge >= 0.3 is 12.1 Å². The normalized spacial score (nSPS) is 12.0. The lowest BCUT2D eigenvalue weighted by Crippen LogP contribution is -2.34. The Hall–Kier alpha value is -2.89. The number of aryl methyl sites for hydroxylation is 1. The Bertz CT molecular complexity index is 966. The van der Waals surface area contributed by atoms with E-state index in [1.54, 1.807) is 4.72 Å². The Labute approximate surface area is 145 Å². The van der Waals surface area contributed by atoms with Crippen LogP contribution in [0.4, 0.5) is 13.2 Å². The second kappa shape index (κ2) is 6.78. The minimum absolute atomic E-state index is 0.0720. The topological polar surface area (TPSA) is 118 Å². The van der Waals surface area contributed by atoms with Gasteiger partial charge in [-0.15, -0.1) is 0 Å². The summed E-state index contributed by atoms with van der Waals surface area (Å²) in [4.78, 5) is 22.6. The number of nitrogens with one attached hydrogen (secondary N) is 1. The second-order valence-electron chi connectivity index (χ2n) is 5.18. The average molecular weight is 391 g/mol. The highest BCUT2D eigenvalue weighted by Crippen LogP contribution is 2.20. The van der Waals surface area contributed by atoms with Gasteiger partial charge in [0.1, 0.15) is 17.1 Å². The number of sulfonamides is 1. The highest BCUT2D eigenvalue weighted by atomic mass is 32.2. The predicted octanol–water partition coefficient (Wildman–Crippen LogP) is 1.57. The summed E-state index contributed by atoms with van der Waals surface area (Å²) in [7, 11) is -4.64. The Morgan fingerprint density at radius 2 is 1.88 bits per heavy atom. The highest BCUT2D eigenvalue weighted by molar-refractivity contribution is 7.90. The molecule has 0 fully saturated rings. The molecule has 1 amide bonds. The van der Waals surface area contributed by atoms with E-state index >= 15 is 0 Å². The Kier molecular flexibility index (Phi) is 5.07. The average Bonchev–Trinajstić information content (AvgIpc) is 2.85. The molecule has 0 spiro atoms. The highest BCUT2D eigenvalue weighted by Gasteiger charge is 2.32. The van der Waals surface area contributed by atoms with E-state index in [-0.39, 0.29) is 5.69 Å². The summed E-state index contributed by atoms with van der Waals surface area (Å²) in [6.45, 7) is -0.257. The number of aromatic carboxylic acids is 1. The SMILES string of the molecule is Cc1cc(C(=O)NS(=O)(=O)c2ccccc2C(=O)O)n(CC(F)(F)F)n1. The predicted molar refractivity (Wildman–Crippen MR) is 81.1 cm³/mol. The third kappa shape index (κ3) is 4.39. The third-order valence-electron chi connectivity index (χ3n) is 3.10. The van der Waals surface area contributed by atoms with Gasteiger partial charge in [-0.1, -0.05) is 12.1 Å². The molecule has 140 valence electrons.